The summed E-state index contributed by atoms with van der Waals surface area (Å²) in [7, 11) is 0. The molecule has 12 heavy (non-hydrogen) atoms. The maximum absolute atomic E-state index is 10.7. The van der Waals surface area contributed by atoms with Crippen molar-refractivity contribution >= 4 is 5.97 Å². The van der Waals surface area contributed by atoms with Crippen LogP contribution in [0.5, 0.6) is 0 Å². The quantitative estimate of drug-likeness (QED) is 0.632. The summed E-state index contributed by atoms with van der Waals surface area (Å²) in [5, 5.41) is 8.79. The van der Waals surface area contributed by atoms with Gasteiger partial charge in [-0.15, -0.1) is 0 Å². The first kappa shape index (κ1) is 8.01. The maximum atomic E-state index is 10.7. The Morgan fingerprint density at radius 1 is 1.58 bits per heavy atom. The van der Waals surface area contributed by atoms with E-state index in [9.17, 15) is 4.79 Å². The van der Waals surface area contributed by atoms with E-state index in [1.165, 1.54) is 0 Å². The van der Waals surface area contributed by atoms with Crippen molar-refractivity contribution in [3.63, 3.8) is 0 Å². The van der Waals surface area contributed by atoms with Crippen molar-refractivity contribution in [2.45, 2.75) is 31.5 Å². The van der Waals surface area contributed by atoms with Gasteiger partial charge in [-0.2, -0.15) is 0 Å². The Morgan fingerprint density at radius 2 is 2.17 bits per heavy atom. The summed E-state index contributed by atoms with van der Waals surface area (Å²) in [5.41, 5.74) is 0. The van der Waals surface area contributed by atoms with Crippen molar-refractivity contribution in [3.05, 3.63) is 0 Å². The molecule has 4 heteroatoms. The predicted molar refractivity (Wildman–Crippen MR) is 41.9 cm³/mol. The number of carboxylic acid groups (broad SMARTS) is 1. The molecule has 1 N–H and O–H groups in total. The zero-order chi connectivity index (χ0) is 8.72. The highest BCUT2D eigenvalue weighted by Gasteiger charge is 2.46. The van der Waals surface area contributed by atoms with Gasteiger partial charge in [-0.05, 0) is 13.3 Å². The Bertz CT molecular complexity index is 192. The van der Waals surface area contributed by atoms with Crippen LogP contribution in [0.3, 0.4) is 0 Å². The number of aliphatic carboxylic acids is 1. The Hall–Kier alpha value is -0.610. The molecule has 0 unspecified atom stereocenters. The lowest BCUT2D eigenvalue weighted by Crippen LogP contribution is -2.67. The molecule has 3 rings (SSSR count). The molecule has 0 aromatic rings. The van der Waals surface area contributed by atoms with Gasteiger partial charge in [0.25, 0.3) is 0 Å². The smallest absolute Gasteiger partial charge is 0.320 e. The molecule has 3 fully saturated rings. The predicted octanol–water partition coefficient (Wildman–Crippen LogP) is -0.0674. The molecule has 3 atom stereocenters. The molecule has 0 saturated carbocycles. The summed E-state index contributed by atoms with van der Waals surface area (Å²) in [5.74, 6) is -0.730. The van der Waals surface area contributed by atoms with E-state index in [0.717, 1.165) is 6.42 Å². The van der Waals surface area contributed by atoms with Gasteiger partial charge in [-0.3, -0.25) is 9.69 Å². The molecule has 0 aliphatic carbocycles. The number of nitrogens with zero attached hydrogens (tertiary/aromatic N) is 1. The van der Waals surface area contributed by atoms with Gasteiger partial charge in [0.1, 0.15) is 6.04 Å². The summed E-state index contributed by atoms with van der Waals surface area (Å²) in [4.78, 5) is 12.7. The van der Waals surface area contributed by atoms with E-state index in [1.54, 1.807) is 6.92 Å². The van der Waals surface area contributed by atoms with Crippen LogP contribution >= 0.6 is 0 Å². The normalized spacial score (nSPS) is 37.1. The van der Waals surface area contributed by atoms with Crippen molar-refractivity contribution in [1.29, 1.82) is 0 Å². The third-order valence-electron chi connectivity index (χ3n) is 2.81. The van der Waals surface area contributed by atoms with Crippen LogP contribution in [0.2, 0.25) is 0 Å². The summed E-state index contributed by atoms with van der Waals surface area (Å²) in [6.07, 6.45) is 1.11. The lowest BCUT2D eigenvalue weighted by atomic mass is 9.89. The van der Waals surface area contributed by atoms with Crippen LogP contribution in [-0.4, -0.2) is 47.3 Å². The first-order valence-corrected chi connectivity index (χ1v) is 4.28. The molecule has 0 spiro atoms. The lowest BCUT2D eigenvalue weighted by molar-refractivity contribution is -0.169. The van der Waals surface area contributed by atoms with Crippen molar-refractivity contribution in [2.24, 2.45) is 0 Å². The van der Waals surface area contributed by atoms with Gasteiger partial charge in [0.2, 0.25) is 0 Å². The molecule has 3 aliphatic rings. The number of carbonyl (C=O) groups is 1. The van der Waals surface area contributed by atoms with E-state index < -0.39 is 5.97 Å². The minimum absolute atomic E-state index is 0.349. The zero-order valence-electron chi connectivity index (χ0n) is 7.06. The highest BCUT2D eigenvalue weighted by Crippen LogP contribution is 2.32. The fraction of sp³-hybridized carbons (Fsp3) is 0.875. The second kappa shape index (κ2) is 2.71. The van der Waals surface area contributed by atoms with Gasteiger partial charge >= 0.3 is 5.97 Å². The van der Waals surface area contributed by atoms with E-state index in [2.05, 4.69) is 0 Å². The van der Waals surface area contributed by atoms with E-state index in [-0.39, 0.29) is 6.04 Å². The molecule has 68 valence electrons. The highest BCUT2D eigenvalue weighted by atomic mass is 16.5. The van der Waals surface area contributed by atoms with E-state index >= 15 is 0 Å². The van der Waals surface area contributed by atoms with Gasteiger partial charge < -0.3 is 9.84 Å². The molecule has 2 bridgehead atoms. The number of morpholine rings is 1. The molecule has 3 heterocycles. The second-order valence-corrected chi connectivity index (χ2v) is 3.54. The SMILES string of the molecule is C[C@H](C(=O)O)N1[C@H]2COC[C@H]1C2. The lowest BCUT2D eigenvalue weighted by Gasteiger charge is -2.54. The summed E-state index contributed by atoms with van der Waals surface area (Å²) in [6.45, 7) is 3.15. The fourth-order valence-electron chi connectivity index (χ4n) is 2.13. The molecule has 0 amide bonds. The van der Waals surface area contributed by atoms with Gasteiger partial charge in [-0.25, -0.2) is 0 Å². The Kier molecular flexibility index (Phi) is 1.81. The van der Waals surface area contributed by atoms with E-state index in [4.69, 9.17) is 9.84 Å². The Labute approximate surface area is 71.1 Å². The van der Waals surface area contributed by atoms with E-state index in [0.29, 0.717) is 25.3 Å². The van der Waals surface area contributed by atoms with Gasteiger partial charge in [-0.1, -0.05) is 0 Å². The summed E-state index contributed by atoms with van der Waals surface area (Å²) >= 11 is 0. The zero-order valence-corrected chi connectivity index (χ0v) is 7.06. The average Bonchev–Trinajstić information content (AvgIpc) is 2.05. The van der Waals surface area contributed by atoms with Crippen LogP contribution in [0, 0.1) is 0 Å². The number of hydrogen-bond donors (Lipinski definition) is 1. The van der Waals surface area contributed by atoms with Crippen molar-refractivity contribution in [3.8, 4) is 0 Å². The van der Waals surface area contributed by atoms with Crippen LogP contribution in [-0.2, 0) is 9.53 Å². The largest absolute Gasteiger partial charge is 0.480 e. The molecular formula is C8H13NO3. The molecular weight excluding hydrogens is 158 g/mol. The summed E-state index contributed by atoms with van der Waals surface area (Å²) in [6, 6.07) is 0.363. The van der Waals surface area contributed by atoms with Crippen molar-refractivity contribution < 1.29 is 14.6 Å². The van der Waals surface area contributed by atoms with Gasteiger partial charge in [0.05, 0.1) is 13.2 Å². The van der Waals surface area contributed by atoms with Crippen LogP contribution in [0.15, 0.2) is 0 Å². The standard InChI is InChI=1S/C8H13NO3/c1-5(8(10)11)9-6-2-7(9)4-12-3-6/h5-7H,2-4H2,1H3,(H,10,11)/t5-,6-,7-/m1/s1. The Morgan fingerprint density at radius 3 is 2.58 bits per heavy atom. The van der Waals surface area contributed by atoms with Gasteiger partial charge in [0, 0.05) is 12.1 Å². The highest BCUT2D eigenvalue weighted by molar-refractivity contribution is 5.73. The monoisotopic (exact) mass is 171 g/mol. The number of hydrogen-bond acceptors (Lipinski definition) is 3. The number of ether oxygens (including phenoxy) is 1. The fourth-order valence-corrected chi connectivity index (χ4v) is 2.13. The Balaban J connectivity index is 2.01. The second-order valence-electron chi connectivity index (χ2n) is 3.54. The third-order valence-corrected chi connectivity index (χ3v) is 2.81. The molecule has 3 saturated heterocycles. The number of carboxylic acids is 1. The van der Waals surface area contributed by atoms with Crippen LogP contribution in [0.1, 0.15) is 13.3 Å². The van der Waals surface area contributed by atoms with Crippen LogP contribution in [0.25, 0.3) is 0 Å². The molecule has 4 nitrogen and oxygen atoms in total. The number of fused-ring (bicyclic) bond motifs is 2. The molecule has 0 radical (unpaired) electrons. The minimum Gasteiger partial charge on any atom is -0.480 e. The van der Waals surface area contributed by atoms with Gasteiger partial charge in [0.15, 0.2) is 0 Å². The average molecular weight is 171 g/mol. The molecule has 3 aliphatic heterocycles. The summed E-state index contributed by atoms with van der Waals surface area (Å²) < 4.78 is 5.26. The topological polar surface area (TPSA) is 49.8 Å². The van der Waals surface area contributed by atoms with E-state index in [1.807, 2.05) is 4.90 Å². The third kappa shape index (κ3) is 1.03. The maximum Gasteiger partial charge on any atom is 0.320 e. The first-order valence-electron chi connectivity index (χ1n) is 4.28. The molecule has 0 aromatic heterocycles. The minimum atomic E-state index is -0.730. The van der Waals surface area contributed by atoms with Crippen molar-refractivity contribution in [1.82, 2.24) is 4.90 Å². The molecule has 0 aromatic carbocycles. The number of rotatable bonds is 2. The van der Waals surface area contributed by atoms with Crippen molar-refractivity contribution in [2.75, 3.05) is 13.2 Å². The first-order chi connectivity index (χ1) is 5.70. The van der Waals surface area contributed by atoms with Crippen LogP contribution in [0.4, 0.5) is 0 Å². The van der Waals surface area contributed by atoms with Crippen LogP contribution < -0.4 is 0 Å².